The molecule has 2 heterocycles. The van der Waals surface area contributed by atoms with Crippen LogP contribution in [0.15, 0.2) is 48.0 Å². The molecule has 4 rings (SSSR count). The molecule has 4 heteroatoms. The molecular weight excluding hydrogens is 304 g/mol. The van der Waals surface area contributed by atoms with Crippen LogP contribution in [0.3, 0.4) is 0 Å². The first kappa shape index (κ1) is 14.9. The van der Waals surface area contributed by atoms with Crippen LogP contribution in [-0.2, 0) is 5.41 Å². The molecule has 2 aromatic rings. The number of benzene rings is 2. The molecule has 124 valence electrons. The summed E-state index contributed by atoms with van der Waals surface area (Å²) in [6, 6.07) is 10.4. The summed E-state index contributed by atoms with van der Waals surface area (Å²) in [5, 5.41) is 19.5. The van der Waals surface area contributed by atoms with Gasteiger partial charge in [-0.25, -0.2) is 0 Å². The minimum Gasteiger partial charge on any atom is -0.508 e. The summed E-state index contributed by atoms with van der Waals surface area (Å²) in [6.07, 6.45) is 2.79. The summed E-state index contributed by atoms with van der Waals surface area (Å²) in [5.41, 5.74) is 2.90. The largest absolute Gasteiger partial charge is 0.508 e. The minimum atomic E-state index is -0.329. The van der Waals surface area contributed by atoms with Gasteiger partial charge < -0.3 is 19.7 Å². The van der Waals surface area contributed by atoms with Crippen molar-refractivity contribution in [1.82, 2.24) is 0 Å². The average Bonchev–Trinajstić information content (AvgIpc) is 2.86. The summed E-state index contributed by atoms with van der Waals surface area (Å²) in [7, 11) is 0. The average molecular weight is 324 g/mol. The van der Waals surface area contributed by atoms with Crippen LogP contribution in [0.1, 0.15) is 37.5 Å². The van der Waals surface area contributed by atoms with Crippen molar-refractivity contribution >= 4 is 0 Å². The Balaban J connectivity index is 1.88. The number of ether oxygens (including phenoxy) is 2. The summed E-state index contributed by atoms with van der Waals surface area (Å²) in [6.45, 7) is 4.62. The van der Waals surface area contributed by atoms with E-state index in [-0.39, 0.29) is 23.0 Å². The van der Waals surface area contributed by atoms with Gasteiger partial charge >= 0.3 is 0 Å². The molecular formula is C20H20O4. The third kappa shape index (κ3) is 2.13. The molecule has 2 N–H and O–H groups in total. The Bertz CT molecular complexity index is 836. The predicted octanol–water partition coefficient (Wildman–Crippen LogP) is 4.22. The zero-order valence-corrected chi connectivity index (χ0v) is 13.7. The van der Waals surface area contributed by atoms with Crippen molar-refractivity contribution in [3.05, 3.63) is 59.2 Å². The maximum atomic E-state index is 9.81. The number of phenolic OH excluding ortho intramolecular Hbond substituents is 2. The first-order chi connectivity index (χ1) is 11.5. The fraction of sp³-hybridized carbons (Fsp3) is 0.300. The van der Waals surface area contributed by atoms with Crippen LogP contribution in [0.4, 0.5) is 0 Å². The quantitative estimate of drug-likeness (QED) is 0.812. The molecule has 0 fully saturated rings. The molecule has 2 aliphatic rings. The Morgan fingerprint density at radius 3 is 2.58 bits per heavy atom. The van der Waals surface area contributed by atoms with Gasteiger partial charge in [-0.15, -0.1) is 0 Å². The highest BCUT2D eigenvalue weighted by Gasteiger charge is 2.53. The van der Waals surface area contributed by atoms with Gasteiger partial charge in [0.25, 0.3) is 0 Å². The van der Waals surface area contributed by atoms with Crippen LogP contribution in [0.2, 0.25) is 0 Å². The smallest absolute Gasteiger partial charge is 0.141 e. The number of hydrogen-bond donors (Lipinski definition) is 2. The van der Waals surface area contributed by atoms with Gasteiger partial charge in [0.1, 0.15) is 35.7 Å². The fourth-order valence-electron chi connectivity index (χ4n) is 3.65. The molecule has 0 spiro atoms. The summed E-state index contributed by atoms with van der Waals surface area (Å²) in [4.78, 5) is 0. The number of hydrogen-bond acceptors (Lipinski definition) is 4. The fourth-order valence-corrected chi connectivity index (χ4v) is 3.65. The van der Waals surface area contributed by atoms with Crippen molar-refractivity contribution in [3.63, 3.8) is 0 Å². The monoisotopic (exact) mass is 324 g/mol. The Morgan fingerprint density at radius 2 is 1.83 bits per heavy atom. The molecule has 4 nitrogen and oxygen atoms in total. The van der Waals surface area contributed by atoms with Crippen molar-refractivity contribution in [2.75, 3.05) is 6.61 Å². The van der Waals surface area contributed by atoms with E-state index in [1.165, 1.54) is 5.57 Å². The van der Waals surface area contributed by atoms with Crippen LogP contribution in [-0.4, -0.2) is 16.8 Å². The molecule has 2 aliphatic heterocycles. The van der Waals surface area contributed by atoms with Crippen molar-refractivity contribution in [3.8, 4) is 23.0 Å². The summed E-state index contributed by atoms with van der Waals surface area (Å²) < 4.78 is 12.3. The molecule has 0 bridgehead atoms. The van der Waals surface area contributed by atoms with Crippen LogP contribution < -0.4 is 9.47 Å². The molecule has 0 saturated carbocycles. The first-order valence-electron chi connectivity index (χ1n) is 8.09. The lowest BCUT2D eigenvalue weighted by Crippen LogP contribution is -2.41. The maximum Gasteiger partial charge on any atom is 0.141 e. The van der Waals surface area contributed by atoms with Gasteiger partial charge in [-0.1, -0.05) is 17.7 Å². The van der Waals surface area contributed by atoms with E-state index in [9.17, 15) is 10.2 Å². The van der Waals surface area contributed by atoms with Gasteiger partial charge in [-0.05, 0) is 38.5 Å². The molecule has 24 heavy (non-hydrogen) atoms. The number of allylic oxidation sites excluding steroid dienone is 2. The molecule has 0 aromatic heterocycles. The predicted molar refractivity (Wildman–Crippen MR) is 90.8 cm³/mol. The van der Waals surface area contributed by atoms with Crippen molar-refractivity contribution in [2.45, 2.75) is 31.8 Å². The lowest BCUT2D eigenvalue weighted by Gasteiger charge is -2.38. The van der Waals surface area contributed by atoms with Crippen molar-refractivity contribution < 1.29 is 19.7 Å². The second-order valence-electron chi connectivity index (χ2n) is 6.83. The van der Waals surface area contributed by atoms with E-state index in [4.69, 9.17) is 9.47 Å². The van der Waals surface area contributed by atoms with E-state index < -0.39 is 0 Å². The third-order valence-electron chi connectivity index (χ3n) is 4.89. The van der Waals surface area contributed by atoms with Crippen LogP contribution in [0.25, 0.3) is 0 Å². The maximum absolute atomic E-state index is 9.81. The Hall–Kier alpha value is -2.62. The van der Waals surface area contributed by atoms with E-state index in [1.54, 1.807) is 24.3 Å². The number of phenols is 2. The van der Waals surface area contributed by atoms with Gasteiger partial charge in [-0.2, -0.15) is 0 Å². The molecule has 2 unspecified atom stereocenters. The van der Waals surface area contributed by atoms with Crippen LogP contribution >= 0.6 is 0 Å². The zero-order chi connectivity index (χ0) is 16.9. The van der Waals surface area contributed by atoms with E-state index in [2.05, 4.69) is 19.9 Å². The number of aromatic hydroxyl groups is 2. The summed E-state index contributed by atoms with van der Waals surface area (Å²) in [5.74, 6) is 1.73. The third-order valence-corrected chi connectivity index (χ3v) is 4.89. The van der Waals surface area contributed by atoms with E-state index in [1.807, 2.05) is 12.1 Å². The van der Waals surface area contributed by atoms with Crippen molar-refractivity contribution in [1.29, 1.82) is 0 Å². The molecule has 0 radical (unpaired) electrons. The SMILES string of the molecule is CC(C)=CCC12COc3cc(O)ccc3C1Oc1cc(O)ccc12. The molecule has 0 saturated heterocycles. The van der Waals surface area contributed by atoms with E-state index in [0.29, 0.717) is 18.1 Å². The zero-order valence-electron chi connectivity index (χ0n) is 13.7. The van der Waals surface area contributed by atoms with Crippen LogP contribution in [0.5, 0.6) is 23.0 Å². The Kier molecular flexibility index (Phi) is 3.23. The Labute approximate surface area is 141 Å². The topological polar surface area (TPSA) is 58.9 Å². The lowest BCUT2D eigenvalue weighted by atomic mass is 9.71. The van der Waals surface area contributed by atoms with E-state index in [0.717, 1.165) is 17.5 Å². The highest BCUT2D eigenvalue weighted by Crippen LogP contribution is 2.57. The minimum absolute atomic E-state index is 0.179. The van der Waals surface area contributed by atoms with Gasteiger partial charge in [-0.3, -0.25) is 0 Å². The van der Waals surface area contributed by atoms with Gasteiger partial charge in [0.2, 0.25) is 0 Å². The Morgan fingerprint density at radius 1 is 1.12 bits per heavy atom. The molecule has 0 amide bonds. The van der Waals surface area contributed by atoms with Gasteiger partial charge in [0, 0.05) is 23.3 Å². The second kappa shape index (κ2) is 5.20. The molecule has 2 atom stereocenters. The number of fused-ring (bicyclic) bond motifs is 5. The first-order valence-corrected chi connectivity index (χ1v) is 8.09. The molecule has 0 aliphatic carbocycles. The van der Waals surface area contributed by atoms with Gasteiger partial charge in [0.05, 0.1) is 5.41 Å². The highest BCUT2D eigenvalue weighted by atomic mass is 16.5. The summed E-state index contributed by atoms with van der Waals surface area (Å²) >= 11 is 0. The van der Waals surface area contributed by atoms with Gasteiger partial charge in [0.15, 0.2) is 0 Å². The number of rotatable bonds is 2. The standard InChI is InChI=1S/C20H20O4/c1-12(2)7-8-20-11-23-17-9-13(21)3-5-15(17)19(20)24-18-10-14(22)4-6-16(18)20/h3-7,9-10,19,21-22H,8,11H2,1-2H3. The highest BCUT2D eigenvalue weighted by molar-refractivity contribution is 5.55. The second-order valence-corrected chi connectivity index (χ2v) is 6.83. The van der Waals surface area contributed by atoms with Crippen molar-refractivity contribution in [2.24, 2.45) is 0 Å². The molecule has 2 aromatic carbocycles. The van der Waals surface area contributed by atoms with Crippen LogP contribution in [0, 0.1) is 0 Å². The lowest BCUT2D eigenvalue weighted by molar-refractivity contribution is 0.0725. The normalized spacial score (nSPS) is 23.3. The van der Waals surface area contributed by atoms with E-state index >= 15 is 0 Å².